The number of halogens is 1. The van der Waals surface area contributed by atoms with Gasteiger partial charge in [0.05, 0.1) is 4.90 Å². The van der Waals surface area contributed by atoms with Crippen LogP contribution in [0.25, 0.3) is 0 Å². The number of anilines is 1. The van der Waals surface area contributed by atoms with E-state index in [9.17, 15) is 18.0 Å². The van der Waals surface area contributed by atoms with Crippen LogP contribution in [0.2, 0.25) is 0 Å². The molecule has 8 nitrogen and oxygen atoms in total. The molecule has 2 aromatic rings. The third-order valence-corrected chi connectivity index (χ3v) is 7.18. The van der Waals surface area contributed by atoms with Crippen LogP contribution in [0.4, 0.5) is 5.13 Å². The van der Waals surface area contributed by atoms with E-state index in [0.717, 1.165) is 4.47 Å². The van der Waals surface area contributed by atoms with Gasteiger partial charge < -0.3 is 10.2 Å². The van der Waals surface area contributed by atoms with Crippen molar-refractivity contribution in [3.63, 3.8) is 0 Å². The van der Waals surface area contributed by atoms with E-state index in [4.69, 9.17) is 0 Å². The lowest BCUT2D eigenvalue weighted by molar-refractivity contribution is -0.114. The fraction of sp³-hybridized carbons (Fsp3) is 0.312. The molecule has 1 fully saturated rings. The van der Waals surface area contributed by atoms with Gasteiger partial charge >= 0.3 is 0 Å². The summed E-state index contributed by atoms with van der Waals surface area (Å²) in [5.74, 6) is -0.529. The first-order chi connectivity index (χ1) is 12.8. The van der Waals surface area contributed by atoms with Crippen LogP contribution in [0.15, 0.2) is 39.0 Å². The largest absolute Gasteiger partial charge is 0.335 e. The fourth-order valence-corrected chi connectivity index (χ4v) is 5.05. The van der Waals surface area contributed by atoms with Crippen molar-refractivity contribution in [2.45, 2.75) is 11.8 Å². The number of thiazole rings is 1. The molecule has 1 saturated heterocycles. The van der Waals surface area contributed by atoms with Gasteiger partial charge in [0.2, 0.25) is 15.9 Å². The van der Waals surface area contributed by atoms with Gasteiger partial charge in [0.25, 0.3) is 5.91 Å². The van der Waals surface area contributed by atoms with E-state index in [2.05, 4.69) is 26.2 Å². The number of carbonyl (C=O) groups is 2. The standard InChI is InChI=1S/C16H17BrN4O4S2/c1-11(22)18-16-19-14(10-26-16)15(23)20-6-8-21(9-7-20)27(24,25)13-4-2-12(17)3-5-13/h2-5,10H,6-9H2,1H3,(H,18,19,22). The molecule has 0 aliphatic carbocycles. The van der Waals surface area contributed by atoms with E-state index < -0.39 is 10.0 Å². The number of hydrogen-bond donors (Lipinski definition) is 1. The van der Waals surface area contributed by atoms with Crippen molar-refractivity contribution >= 4 is 54.2 Å². The van der Waals surface area contributed by atoms with Gasteiger partial charge in [-0.2, -0.15) is 4.31 Å². The van der Waals surface area contributed by atoms with E-state index in [0.29, 0.717) is 5.13 Å². The maximum Gasteiger partial charge on any atom is 0.273 e. The second kappa shape index (κ2) is 8.05. The molecule has 144 valence electrons. The summed E-state index contributed by atoms with van der Waals surface area (Å²) >= 11 is 4.46. The maximum absolute atomic E-state index is 12.7. The van der Waals surface area contributed by atoms with Crippen LogP contribution >= 0.6 is 27.3 Å². The van der Waals surface area contributed by atoms with Crippen LogP contribution in [0.3, 0.4) is 0 Å². The first-order valence-corrected chi connectivity index (χ1v) is 11.2. The van der Waals surface area contributed by atoms with Gasteiger partial charge in [0.15, 0.2) is 5.13 Å². The Morgan fingerprint density at radius 1 is 1.15 bits per heavy atom. The predicted octanol–water partition coefficient (Wildman–Crippen LogP) is 2.01. The van der Waals surface area contributed by atoms with Crippen molar-refractivity contribution in [3.05, 3.63) is 39.8 Å². The molecule has 0 bridgehead atoms. The van der Waals surface area contributed by atoms with Crippen molar-refractivity contribution in [2.24, 2.45) is 0 Å². The third kappa shape index (κ3) is 4.54. The molecule has 27 heavy (non-hydrogen) atoms. The zero-order valence-electron chi connectivity index (χ0n) is 14.4. The number of sulfonamides is 1. The highest BCUT2D eigenvalue weighted by Gasteiger charge is 2.31. The lowest BCUT2D eigenvalue weighted by Gasteiger charge is -2.33. The predicted molar refractivity (Wildman–Crippen MR) is 105 cm³/mol. The van der Waals surface area contributed by atoms with Crippen LogP contribution in [0.5, 0.6) is 0 Å². The van der Waals surface area contributed by atoms with E-state index in [1.807, 2.05) is 0 Å². The molecule has 11 heteroatoms. The summed E-state index contributed by atoms with van der Waals surface area (Å²) in [7, 11) is -3.59. The van der Waals surface area contributed by atoms with E-state index in [-0.39, 0.29) is 48.6 Å². The van der Waals surface area contributed by atoms with Crippen molar-refractivity contribution in [1.29, 1.82) is 0 Å². The number of hydrogen-bond acceptors (Lipinski definition) is 6. The topological polar surface area (TPSA) is 99.7 Å². The zero-order valence-corrected chi connectivity index (χ0v) is 17.6. The minimum atomic E-state index is -3.59. The molecule has 0 spiro atoms. The van der Waals surface area contributed by atoms with E-state index in [1.165, 1.54) is 22.6 Å². The number of nitrogens with one attached hydrogen (secondary N) is 1. The summed E-state index contributed by atoms with van der Waals surface area (Å²) in [6.45, 7) is 2.36. The molecule has 1 aromatic heterocycles. The Labute approximate surface area is 169 Å². The highest BCUT2D eigenvalue weighted by atomic mass is 79.9. The Bertz CT molecular complexity index is 951. The molecular weight excluding hydrogens is 456 g/mol. The van der Waals surface area contributed by atoms with Crippen LogP contribution in [-0.2, 0) is 14.8 Å². The molecule has 1 aliphatic rings. The van der Waals surface area contributed by atoms with Crippen molar-refractivity contribution < 1.29 is 18.0 Å². The van der Waals surface area contributed by atoms with Gasteiger partial charge in [-0.1, -0.05) is 15.9 Å². The van der Waals surface area contributed by atoms with Gasteiger partial charge in [-0.15, -0.1) is 11.3 Å². The molecule has 1 aromatic carbocycles. The fourth-order valence-electron chi connectivity index (χ4n) is 2.63. The van der Waals surface area contributed by atoms with Gasteiger partial charge in [-0.25, -0.2) is 13.4 Å². The molecule has 3 rings (SSSR count). The van der Waals surface area contributed by atoms with Crippen molar-refractivity contribution in [1.82, 2.24) is 14.2 Å². The van der Waals surface area contributed by atoms with Crippen LogP contribution in [0.1, 0.15) is 17.4 Å². The highest BCUT2D eigenvalue weighted by molar-refractivity contribution is 9.10. The number of amides is 2. The molecule has 0 atom stereocenters. The Morgan fingerprint density at radius 2 is 1.78 bits per heavy atom. The number of piperazine rings is 1. The number of rotatable bonds is 4. The molecule has 0 radical (unpaired) electrons. The monoisotopic (exact) mass is 472 g/mol. The first kappa shape index (κ1) is 19.9. The Hall–Kier alpha value is -1.82. The average Bonchev–Trinajstić information content (AvgIpc) is 3.09. The quantitative estimate of drug-likeness (QED) is 0.733. The Morgan fingerprint density at radius 3 is 2.37 bits per heavy atom. The average molecular weight is 473 g/mol. The third-order valence-electron chi connectivity index (χ3n) is 3.98. The minimum Gasteiger partial charge on any atom is -0.335 e. The zero-order chi connectivity index (χ0) is 19.6. The van der Waals surface area contributed by atoms with Crippen LogP contribution in [-0.4, -0.2) is 60.6 Å². The van der Waals surface area contributed by atoms with Crippen molar-refractivity contribution in [2.75, 3.05) is 31.5 Å². The summed E-state index contributed by atoms with van der Waals surface area (Å²) in [5.41, 5.74) is 0.243. The Balaban J connectivity index is 1.64. The molecular formula is C16H17BrN4O4S2. The van der Waals surface area contributed by atoms with E-state index >= 15 is 0 Å². The first-order valence-electron chi connectivity index (χ1n) is 8.05. The van der Waals surface area contributed by atoms with E-state index in [1.54, 1.807) is 34.5 Å². The van der Waals surface area contributed by atoms with Gasteiger partial charge in [-0.3, -0.25) is 9.59 Å². The van der Waals surface area contributed by atoms with Crippen LogP contribution < -0.4 is 5.32 Å². The molecule has 2 amide bonds. The number of aromatic nitrogens is 1. The van der Waals surface area contributed by atoms with Crippen LogP contribution in [0, 0.1) is 0 Å². The SMILES string of the molecule is CC(=O)Nc1nc(C(=O)N2CCN(S(=O)(=O)c3ccc(Br)cc3)CC2)cs1. The summed E-state index contributed by atoms with van der Waals surface area (Å²) in [4.78, 5) is 29.5. The summed E-state index contributed by atoms with van der Waals surface area (Å²) in [6.07, 6.45) is 0. The highest BCUT2D eigenvalue weighted by Crippen LogP contribution is 2.21. The summed E-state index contributed by atoms with van der Waals surface area (Å²) in [6, 6.07) is 6.47. The lowest BCUT2D eigenvalue weighted by Crippen LogP contribution is -2.50. The summed E-state index contributed by atoms with van der Waals surface area (Å²) < 4.78 is 27.6. The van der Waals surface area contributed by atoms with Gasteiger partial charge in [-0.05, 0) is 24.3 Å². The number of carbonyl (C=O) groups excluding carboxylic acids is 2. The number of benzene rings is 1. The Kier molecular flexibility index (Phi) is 5.94. The molecule has 0 unspecified atom stereocenters. The van der Waals surface area contributed by atoms with Gasteiger partial charge in [0, 0.05) is 43.0 Å². The normalized spacial score (nSPS) is 15.6. The molecule has 0 saturated carbocycles. The smallest absolute Gasteiger partial charge is 0.273 e. The van der Waals surface area contributed by atoms with Gasteiger partial charge in [0.1, 0.15) is 5.69 Å². The summed E-state index contributed by atoms with van der Waals surface area (Å²) in [5, 5.41) is 4.48. The van der Waals surface area contributed by atoms with Crippen molar-refractivity contribution in [3.8, 4) is 0 Å². The number of nitrogens with zero attached hydrogens (tertiary/aromatic N) is 3. The maximum atomic E-state index is 12.7. The molecule has 1 aliphatic heterocycles. The minimum absolute atomic E-state index is 0.215. The second-order valence-corrected chi connectivity index (χ2v) is 9.58. The second-order valence-electron chi connectivity index (χ2n) is 5.87. The lowest BCUT2D eigenvalue weighted by atomic mass is 10.3. The molecule has 1 N–H and O–H groups in total. The molecule has 2 heterocycles.